The predicted octanol–water partition coefficient (Wildman–Crippen LogP) is 13.2. The summed E-state index contributed by atoms with van der Waals surface area (Å²) in [5.74, 6) is 0.771. The number of rotatable bonds is 6. The van der Waals surface area contributed by atoms with E-state index in [0.717, 1.165) is 10.8 Å². The van der Waals surface area contributed by atoms with Gasteiger partial charge in [0.25, 0.3) is 0 Å². The largest absolute Gasteiger partial charge is 0.455 e. The van der Waals surface area contributed by atoms with Crippen molar-refractivity contribution >= 4 is 43.7 Å². The molecule has 11 aromatic rings. The Morgan fingerprint density at radius 1 is 0.429 bits per heavy atom. The molecule has 0 fully saturated rings. The van der Waals surface area contributed by atoms with Crippen LogP contribution in [-0.4, -0.2) is 19.5 Å². The normalized spacial score (nSPS) is 14.6. The number of hydrogen-bond donors (Lipinski definition) is 0. The van der Waals surface area contributed by atoms with Crippen LogP contribution in [0.1, 0.15) is 16.4 Å². The van der Waals surface area contributed by atoms with Gasteiger partial charge in [-0.3, -0.25) is 0 Å². The number of nitrogens with zero attached hydrogens (tertiary/aromatic N) is 4. The molecule has 5 heteroatoms. The fraction of sp³-hybridized carbons (Fsp3) is 0. The van der Waals surface area contributed by atoms with E-state index in [1.165, 1.54) is 4.57 Å². The molecule has 56 heavy (non-hydrogen) atoms. The molecule has 0 spiro atoms. The summed E-state index contributed by atoms with van der Waals surface area (Å²) in [4.78, 5) is 14.9. The molecule has 0 amide bonds. The summed E-state index contributed by atoms with van der Waals surface area (Å²) in [5.41, 5.74) is 3.01. The molecule has 0 aliphatic rings. The molecule has 0 aliphatic carbocycles. The molecule has 8 aromatic carbocycles. The van der Waals surface area contributed by atoms with Gasteiger partial charge in [-0.2, -0.15) is 0 Å². The van der Waals surface area contributed by atoms with Crippen molar-refractivity contribution in [2.75, 3.05) is 0 Å². The molecule has 11 rings (SSSR count). The maximum Gasteiger partial charge on any atom is 0.166 e. The second-order valence-corrected chi connectivity index (χ2v) is 13.1. The van der Waals surface area contributed by atoms with Crippen molar-refractivity contribution in [3.8, 4) is 62.1 Å². The second-order valence-electron chi connectivity index (χ2n) is 13.1. The van der Waals surface area contributed by atoms with E-state index in [-0.39, 0.29) is 33.3 Å². The van der Waals surface area contributed by atoms with Gasteiger partial charge in [-0.05, 0) is 47.0 Å². The standard InChI is InChI=1S/C51H32N4O/c1-4-15-33(16-5-1)36-27-29-40-39-21-10-12-25-44(39)55(45(40)31-36)46-32-37(38-23-14-24-42-41-22-11-13-26-47(41)56-48(38)42)28-30-43(46)51-53-49(34-17-6-2-7-18-34)52-50(54-51)35-19-8-3-9-20-35/h1-32H/i1D,4D,5D,10D,12D,15D,16D,21D,25D,27D,29D,31D. The lowest BCUT2D eigenvalue weighted by Crippen LogP contribution is -2.04. The first-order valence-electron chi connectivity index (χ1n) is 23.8. The second kappa shape index (κ2) is 13.0. The van der Waals surface area contributed by atoms with Crippen LogP contribution in [0.5, 0.6) is 0 Å². The SMILES string of the molecule is [2H]c1c([2H])c([2H])c(-c2c([2H])c([2H])c3c4c([2H])c([2H])c([2H])c([2H])c4n(-c4cc(-c5cccc6c5oc5ccccc56)ccc4-c4nc(-c5ccccc5)nc(-c5ccccc5)n4)c3c2[2H])c([2H])c1[2H]. The minimum Gasteiger partial charge on any atom is -0.455 e. The smallest absolute Gasteiger partial charge is 0.166 e. The lowest BCUT2D eigenvalue weighted by atomic mass is 9.99. The number of furan rings is 1. The maximum absolute atomic E-state index is 10.00. The Morgan fingerprint density at radius 3 is 1.88 bits per heavy atom. The summed E-state index contributed by atoms with van der Waals surface area (Å²) in [6.45, 7) is 0. The van der Waals surface area contributed by atoms with Crippen molar-refractivity contribution in [2.24, 2.45) is 0 Å². The number of para-hydroxylation sites is 3. The summed E-state index contributed by atoms with van der Waals surface area (Å²) in [6.07, 6.45) is 0. The number of hydrogen-bond acceptors (Lipinski definition) is 4. The van der Waals surface area contributed by atoms with Crippen LogP contribution in [0, 0.1) is 0 Å². The van der Waals surface area contributed by atoms with Gasteiger partial charge in [0.05, 0.1) is 33.2 Å². The quantitative estimate of drug-likeness (QED) is 0.171. The van der Waals surface area contributed by atoms with Crippen LogP contribution in [0.15, 0.2) is 198 Å². The van der Waals surface area contributed by atoms with Crippen molar-refractivity contribution < 1.29 is 20.9 Å². The van der Waals surface area contributed by atoms with Crippen LogP contribution in [0.2, 0.25) is 0 Å². The maximum atomic E-state index is 10.00. The van der Waals surface area contributed by atoms with E-state index in [1.54, 1.807) is 12.1 Å². The molecular weight excluding hydrogens is 685 g/mol. The van der Waals surface area contributed by atoms with Gasteiger partial charge < -0.3 is 8.98 Å². The Hall–Kier alpha value is -7.63. The van der Waals surface area contributed by atoms with Crippen molar-refractivity contribution in [3.05, 3.63) is 194 Å². The van der Waals surface area contributed by atoms with Gasteiger partial charge in [-0.15, -0.1) is 0 Å². The molecule has 3 heterocycles. The lowest BCUT2D eigenvalue weighted by Gasteiger charge is -2.17. The predicted molar refractivity (Wildman–Crippen MR) is 229 cm³/mol. The zero-order valence-corrected chi connectivity index (χ0v) is 29.2. The van der Waals surface area contributed by atoms with E-state index < -0.39 is 83.6 Å². The van der Waals surface area contributed by atoms with E-state index >= 15 is 0 Å². The zero-order chi connectivity index (χ0) is 47.4. The summed E-state index contributed by atoms with van der Waals surface area (Å²) >= 11 is 0. The van der Waals surface area contributed by atoms with Gasteiger partial charge in [0.2, 0.25) is 0 Å². The average molecular weight is 729 g/mol. The van der Waals surface area contributed by atoms with Crippen molar-refractivity contribution in [2.45, 2.75) is 0 Å². The highest BCUT2D eigenvalue weighted by Gasteiger charge is 2.22. The number of fused-ring (bicyclic) bond motifs is 6. The number of aromatic nitrogens is 4. The van der Waals surface area contributed by atoms with Gasteiger partial charge in [-0.1, -0.05) is 164 Å². The lowest BCUT2D eigenvalue weighted by molar-refractivity contribution is 0.670. The third-order valence-electron chi connectivity index (χ3n) is 9.80. The summed E-state index contributed by atoms with van der Waals surface area (Å²) in [6, 6.07) is 29.7. The molecule has 0 unspecified atom stereocenters. The Balaban J connectivity index is 1.34. The van der Waals surface area contributed by atoms with E-state index in [4.69, 9.17) is 29.0 Å². The highest BCUT2D eigenvalue weighted by Crippen LogP contribution is 2.42. The molecule has 3 aromatic heterocycles. The molecule has 5 nitrogen and oxygen atoms in total. The highest BCUT2D eigenvalue weighted by molar-refractivity contribution is 6.12. The van der Waals surface area contributed by atoms with Gasteiger partial charge in [0.1, 0.15) is 11.2 Å². The van der Waals surface area contributed by atoms with Gasteiger partial charge in [-0.25, -0.2) is 15.0 Å². The zero-order valence-electron chi connectivity index (χ0n) is 41.2. The van der Waals surface area contributed by atoms with Crippen molar-refractivity contribution in [3.63, 3.8) is 0 Å². The van der Waals surface area contributed by atoms with Crippen molar-refractivity contribution in [1.82, 2.24) is 19.5 Å². The molecule has 0 radical (unpaired) electrons. The topological polar surface area (TPSA) is 56.7 Å². The summed E-state index contributed by atoms with van der Waals surface area (Å²) in [5, 5.41) is 1.39. The Bertz CT molecular complexity index is 3860. The molecule has 0 bridgehead atoms. The van der Waals surface area contributed by atoms with Gasteiger partial charge in [0, 0.05) is 43.8 Å². The fourth-order valence-electron chi connectivity index (χ4n) is 7.23. The third kappa shape index (κ3) is 5.29. The molecule has 0 atom stereocenters. The van der Waals surface area contributed by atoms with Gasteiger partial charge in [0.15, 0.2) is 17.5 Å². The molecule has 262 valence electrons. The molecular formula is C51H32N4O. The fourth-order valence-corrected chi connectivity index (χ4v) is 7.23. The van der Waals surface area contributed by atoms with Crippen LogP contribution in [-0.2, 0) is 0 Å². The van der Waals surface area contributed by atoms with Crippen LogP contribution >= 0.6 is 0 Å². The Labute approximate surface area is 339 Å². The third-order valence-corrected chi connectivity index (χ3v) is 9.80. The van der Waals surface area contributed by atoms with Crippen molar-refractivity contribution in [1.29, 1.82) is 0 Å². The van der Waals surface area contributed by atoms with Crippen LogP contribution < -0.4 is 0 Å². The summed E-state index contributed by atoms with van der Waals surface area (Å²) in [7, 11) is 0. The molecule has 0 saturated heterocycles. The van der Waals surface area contributed by atoms with E-state index in [1.807, 2.05) is 109 Å². The Morgan fingerprint density at radius 2 is 1.09 bits per heavy atom. The van der Waals surface area contributed by atoms with Crippen LogP contribution in [0.25, 0.3) is 106 Å². The van der Waals surface area contributed by atoms with Gasteiger partial charge >= 0.3 is 0 Å². The minimum atomic E-state index is -0.709. The highest BCUT2D eigenvalue weighted by atomic mass is 16.3. The summed E-state index contributed by atoms with van der Waals surface area (Å²) < 4.78 is 116. The molecule has 0 N–H and O–H groups in total. The first kappa shape index (κ1) is 21.9. The van der Waals surface area contributed by atoms with E-state index in [9.17, 15) is 6.85 Å². The number of benzene rings is 8. The first-order valence-corrected chi connectivity index (χ1v) is 17.8. The molecule has 0 saturated carbocycles. The van der Waals surface area contributed by atoms with E-state index in [0.29, 0.717) is 50.6 Å². The van der Waals surface area contributed by atoms with Crippen LogP contribution in [0.4, 0.5) is 0 Å². The average Bonchev–Trinajstić information content (AvgIpc) is 3.94. The Kier molecular flexibility index (Phi) is 5.10. The van der Waals surface area contributed by atoms with E-state index in [2.05, 4.69) is 0 Å². The molecule has 0 aliphatic heterocycles. The first-order chi connectivity index (χ1) is 32.8. The monoisotopic (exact) mass is 728 g/mol. The van der Waals surface area contributed by atoms with Crippen LogP contribution in [0.3, 0.4) is 0 Å². The minimum absolute atomic E-state index is 0.137.